The minimum absolute atomic E-state index is 0.0381. The topological polar surface area (TPSA) is 38.1 Å². The van der Waals surface area contributed by atoms with Gasteiger partial charge in [-0.2, -0.15) is 5.10 Å². The normalized spacial score (nSPS) is 10.6. The lowest BCUT2D eigenvalue weighted by Gasteiger charge is -2.17. The number of halogens is 2. The van der Waals surface area contributed by atoms with Gasteiger partial charge in [0.2, 0.25) is 5.91 Å². The number of benzene rings is 1. The second-order valence-electron chi connectivity index (χ2n) is 4.65. The van der Waals surface area contributed by atoms with Crippen LogP contribution in [0, 0.1) is 0 Å². The summed E-state index contributed by atoms with van der Waals surface area (Å²) < 4.78 is 1.71. The van der Waals surface area contributed by atoms with E-state index in [0.717, 1.165) is 5.56 Å². The summed E-state index contributed by atoms with van der Waals surface area (Å²) in [6, 6.07) is 5.23. The van der Waals surface area contributed by atoms with Crippen LogP contribution in [-0.4, -0.2) is 27.6 Å². The van der Waals surface area contributed by atoms with Gasteiger partial charge in [0.25, 0.3) is 0 Å². The first-order chi connectivity index (χ1) is 9.47. The molecule has 6 heteroatoms. The van der Waals surface area contributed by atoms with E-state index in [9.17, 15) is 4.79 Å². The average molecular weight is 312 g/mol. The first-order valence-corrected chi connectivity index (χ1v) is 6.87. The minimum Gasteiger partial charge on any atom is -0.341 e. The first kappa shape index (κ1) is 14.9. The Labute approximate surface area is 127 Å². The minimum atomic E-state index is -0.0381. The molecule has 1 aromatic heterocycles. The highest BCUT2D eigenvalue weighted by Crippen LogP contribution is 2.25. The Morgan fingerprint density at radius 1 is 1.35 bits per heavy atom. The zero-order valence-corrected chi connectivity index (χ0v) is 12.8. The Kier molecular flexibility index (Phi) is 4.68. The molecule has 0 saturated carbocycles. The highest BCUT2D eigenvalue weighted by Gasteiger charge is 2.15. The fraction of sp³-hybridized carbons (Fsp3) is 0.286. The molecule has 4 nitrogen and oxygen atoms in total. The Morgan fingerprint density at radius 3 is 2.55 bits per heavy atom. The van der Waals surface area contributed by atoms with E-state index < -0.39 is 0 Å². The lowest BCUT2D eigenvalue weighted by atomic mass is 10.1. The van der Waals surface area contributed by atoms with Gasteiger partial charge in [-0.05, 0) is 17.7 Å². The molecule has 0 N–H and O–H groups in total. The molecule has 0 radical (unpaired) electrons. The van der Waals surface area contributed by atoms with E-state index >= 15 is 0 Å². The third-order valence-corrected chi connectivity index (χ3v) is 3.70. The van der Waals surface area contributed by atoms with Crippen molar-refractivity contribution in [2.24, 2.45) is 7.05 Å². The van der Waals surface area contributed by atoms with Crippen LogP contribution in [0.1, 0.15) is 11.1 Å². The van der Waals surface area contributed by atoms with Gasteiger partial charge in [-0.3, -0.25) is 9.48 Å². The zero-order chi connectivity index (χ0) is 14.7. The maximum Gasteiger partial charge on any atom is 0.227 e. The van der Waals surface area contributed by atoms with Crippen molar-refractivity contribution in [2.75, 3.05) is 7.05 Å². The summed E-state index contributed by atoms with van der Waals surface area (Å²) in [6.45, 7) is 0.509. The molecule has 0 aliphatic rings. The molecule has 1 heterocycles. The van der Waals surface area contributed by atoms with Crippen LogP contribution in [0.3, 0.4) is 0 Å². The summed E-state index contributed by atoms with van der Waals surface area (Å²) in [6.07, 6.45) is 3.81. The maximum atomic E-state index is 12.2. The summed E-state index contributed by atoms with van der Waals surface area (Å²) in [7, 11) is 3.59. The van der Waals surface area contributed by atoms with E-state index in [2.05, 4.69) is 5.10 Å². The van der Waals surface area contributed by atoms with E-state index in [0.29, 0.717) is 22.2 Å². The van der Waals surface area contributed by atoms with Crippen LogP contribution in [0.15, 0.2) is 30.6 Å². The molecule has 2 rings (SSSR count). The van der Waals surface area contributed by atoms with Crippen molar-refractivity contribution in [3.8, 4) is 0 Å². The molecule has 106 valence electrons. The van der Waals surface area contributed by atoms with E-state index in [-0.39, 0.29) is 12.3 Å². The third-order valence-electron chi connectivity index (χ3n) is 2.99. The van der Waals surface area contributed by atoms with Gasteiger partial charge in [-0.15, -0.1) is 0 Å². The van der Waals surface area contributed by atoms with Crippen molar-refractivity contribution in [3.05, 3.63) is 51.8 Å². The number of amides is 1. The number of nitrogens with zero attached hydrogens (tertiary/aromatic N) is 3. The molecule has 0 aliphatic heterocycles. The van der Waals surface area contributed by atoms with Crippen LogP contribution >= 0.6 is 23.2 Å². The Balaban J connectivity index is 2.04. The van der Waals surface area contributed by atoms with Crippen molar-refractivity contribution < 1.29 is 4.79 Å². The SMILES string of the molecule is CN(Cc1cnn(C)c1)C(=O)Cc1c(Cl)cccc1Cl. The van der Waals surface area contributed by atoms with Crippen LogP contribution in [0.4, 0.5) is 0 Å². The van der Waals surface area contributed by atoms with Gasteiger partial charge in [0, 0.05) is 42.4 Å². The van der Waals surface area contributed by atoms with Crippen LogP contribution < -0.4 is 0 Å². The molecule has 0 fully saturated rings. The average Bonchev–Trinajstić information content (AvgIpc) is 2.79. The van der Waals surface area contributed by atoms with Crippen molar-refractivity contribution in [2.45, 2.75) is 13.0 Å². The molecule has 0 unspecified atom stereocenters. The number of carbonyl (C=O) groups excluding carboxylic acids is 1. The van der Waals surface area contributed by atoms with Crippen molar-refractivity contribution in [1.82, 2.24) is 14.7 Å². The second-order valence-corrected chi connectivity index (χ2v) is 5.46. The molecule has 20 heavy (non-hydrogen) atoms. The van der Waals surface area contributed by atoms with Gasteiger partial charge < -0.3 is 4.90 Å². The molecule has 1 amide bonds. The monoisotopic (exact) mass is 311 g/mol. The van der Waals surface area contributed by atoms with E-state index in [4.69, 9.17) is 23.2 Å². The standard InChI is InChI=1S/C14H15Cl2N3O/c1-18(8-10-7-17-19(2)9-10)14(20)6-11-12(15)4-3-5-13(11)16/h3-5,7,9H,6,8H2,1-2H3. The summed E-state index contributed by atoms with van der Waals surface area (Å²) in [5, 5.41) is 5.11. The number of aromatic nitrogens is 2. The molecular weight excluding hydrogens is 297 g/mol. The maximum absolute atomic E-state index is 12.2. The number of hydrogen-bond acceptors (Lipinski definition) is 2. The van der Waals surface area contributed by atoms with Gasteiger partial charge in [0.15, 0.2) is 0 Å². The Morgan fingerprint density at radius 2 is 2.00 bits per heavy atom. The highest BCUT2D eigenvalue weighted by molar-refractivity contribution is 6.36. The fourth-order valence-electron chi connectivity index (χ4n) is 1.90. The third kappa shape index (κ3) is 3.52. The summed E-state index contributed by atoms with van der Waals surface area (Å²) in [5.41, 5.74) is 1.65. The number of hydrogen-bond donors (Lipinski definition) is 0. The molecular formula is C14H15Cl2N3O. The first-order valence-electron chi connectivity index (χ1n) is 6.11. The van der Waals surface area contributed by atoms with Gasteiger partial charge in [0.05, 0.1) is 12.6 Å². The summed E-state index contributed by atoms with van der Waals surface area (Å²) in [4.78, 5) is 13.8. The Hall–Kier alpha value is -1.52. The quantitative estimate of drug-likeness (QED) is 0.870. The van der Waals surface area contributed by atoms with Gasteiger partial charge in [-0.1, -0.05) is 29.3 Å². The predicted molar refractivity (Wildman–Crippen MR) is 79.8 cm³/mol. The van der Waals surface area contributed by atoms with Crippen molar-refractivity contribution in [1.29, 1.82) is 0 Å². The van der Waals surface area contributed by atoms with E-state index in [1.165, 1.54) is 0 Å². The van der Waals surface area contributed by atoms with E-state index in [1.54, 1.807) is 41.0 Å². The van der Waals surface area contributed by atoms with Crippen LogP contribution in [0.25, 0.3) is 0 Å². The van der Waals surface area contributed by atoms with E-state index in [1.807, 2.05) is 13.2 Å². The smallest absolute Gasteiger partial charge is 0.227 e. The van der Waals surface area contributed by atoms with Gasteiger partial charge in [0.1, 0.15) is 0 Å². The fourth-order valence-corrected chi connectivity index (χ4v) is 2.43. The predicted octanol–water partition coefficient (Wildman–Crippen LogP) is 2.93. The molecule has 0 saturated heterocycles. The van der Waals surface area contributed by atoms with Crippen LogP contribution in [-0.2, 0) is 24.8 Å². The second kappa shape index (κ2) is 6.29. The van der Waals surface area contributed by atoms with Crippen LogP contribution in [0.5, 0.6) is 0 Å². The van der Waals surface area contributed by atoms with Gasteiger partial charge in [-0.25, -0.2) is 0 Å². The van der Waals surface area contributed by atoms with Crippen molar-refractivity contribution >= 4 is 29.1 Å². The number of likely N-dealkylation sites (N-methyl/N-ethyl adjacent to an activating group) is 1. The lowest BCUT2D eigenvalue weighted by molar-refractivity contribution is -0.129. The number of rotatable bonds is 4. The highest BCUT2D eigenvalue weighted by atomic mass is 35.5. The summed E-state index contributed by atoms with van der Waals surface area (Å²) >= 11 is 12.1. The van der Waals surface area contributed by atoms with Gasteiger partial charge >= 0.3 is 0 Å². The van der Waals surface area contributed by atoms with Crippen LogP contribution in [0.2, 0.25) is 10.0 Å². The molecule has 1 aromatic carbocycles. The summed E-state index contributed by atoms with van der Waals surface area (Å²) in [5.74, 6) is -0.0381. The zero-order valence-electron chi connectivity index (χ0n) is 11.3. The molecule has 0 spiro atoms. The molecule has 0 atom stereocenters. The largest absolute Gasteiger partial charge is 0.341 e. The number of carbonyl (C=O) groups is 1. The molecule has 0 aliphatic carbocycles. The molecule has 0 bridgehead atoms. The number of aryl methyl sites for hydroxylation is 1. The Bertz CT molecular complexity index is 604. The van der Waals surface area contributed by atoms with Crippen molar-refractivity contribution in [3.63, 3.8) is 0 Å². The molecule has 2 aromatic rings. The lowest BCUT2D eigenvalue weighted by Crippen LogP contribution is -2.27.